The van der Waals surface area contributed by atoms with E-state index in [1.807, 2.05) is 54.6 Å². The first-order valence-electron chi connectivity index (χ1n) is 6.58. The van der Waals surface area contributed by atoms with E-state index in [4.69, 9.17) is 0 Å². The molecule has 0 aromatic heterocycles. The molecule has 0 aliphatic rings. The number of rotatable bonds is 4. The van der Waals surface area contributed by atoms with Crippen molar-refractivity contribution in [3.05, 3.63) is 78.4 Å². The molecule has 20 heavy (non-hydrogen) atoms. The van der Waals surface area contributed by atoms with Crippen LogP contribution in [0.15, 0.2) is 83.1 Å². The van der Waals surface area contributed by atoms with E-state index in [0.717, 1.165) is 16.6 Å². The summed E-state index contributed by atoms with van der Waals surface area (Å²) in [6.45, 7) is 0.582. The number of hydrogen-bond donors (Lipinski definition) is 1. The van der Waals surface area contributed by atoms with Crippen molar-refractivity contribution in [3.63, 3.8) is 0 Å². The average Bonchev–Trinajstić information content (AvgIpc) is 2.53. The van der Waals surface area contributed by atoms with Crippen LogP contribution in [0.25, 0.3) is 10.8 Å². The molecular weight excluding hydrogens is 246 g/mol. The lowest BCUT2D eigenvalue weighted by Gasteiger charge is -2.04. The number of nitrogens with zero attached hydrogens (tertiary/aromatic N) is 2. The normalized spacial score (nSPS) is 11.0. The standard InChI is InChI=1S/C17H15N3/c1-2-7-14(8-3-1)13-18-20-19-17-12-6-10-15-9-4-5-11-16(15)17/h1-12H,13H2,(H,18,19). The van der Waals surface area contributed by atoms with E-state index in [0.29, 0.717) is 6.54 Å². The second-order valence-electron chi connectivity index (χ2n) is 4.52. The Kier molecular flexibility index (Phi) is 3.69. The van der Waals surface area contributed by atoms with Gasteiger partial charge in [0.1, 0.15) is 0 Å². The summed E-state index contributed by atoms with van der Waals surface area (Å²) in [6, 6.07) is 24.4. The lowest BCUT2D eigenvalue weighted by Crippen LogP contribution is -1.89. The minimum absolute atomic E-state index is 0.582. The van der Waals surface area contributed by atoms with Crippen LogP contribution in [0.2, 0.25) is 0 Å². The number of hydrogen-bond acceptors (Lipinski definition) is 2. The molecule has 1 N–H and O–H groups in total. The first kappa shape index (κ1) is 12.4. The molecule has 0 heterocycles. The Bertz CT molecular complexity index is 715. The number of benzene rings is 3. The summed E-state index contributed by atoms with van der Waals surface area (Å²) in [6.07, 6.45) is 0. The van der Waals surface area contributed by atoms with E-state index >= 15 is 0 Å². The number of fused-ring (bicyclic) bond motifs is 1. The van der Waals surface area contributed by atoms with Gasteiger partial charge in [-0.1, -0.05) is 72.0 Å². The summed E-state index contributed by atoms with van der Waals surface area (Å²) in [5.74, 6) is 0. The highest BCUT2D eigenvalue weighted by Crippen LogP contribution is 2.22. The Morgan fingerprint density at radius 1 is 0.750 bits per heavy atom. The molecule has 3 nitrogen and oxygen atoms in total. The highest BCUT2D eigenvalue weighted by molar-refractivity contribution is 5.93. The first-order chi connectivity index (χ1) is 9.93. The van der Waals surface area contributed by atoms with Crippen molar-refractivity contribution in [2.75, 3.05) is 5.43 Å². The zero-order valence-corrected chi connectivity index (χ0v) is 11.0. The summed E-state index contributed by atoms with van der Waals surface area (Å²) >= 11 is 0. The summed E-state index contributed by atoms with van der Waals surface area (Å²) in [5.41, 5.74) is 5.14. The van der Waals surface area contributed by atoms with E-state index < -0.39 is 0 Å². The molecule has 3 aromatic rings. The fraction of sp³-hybridized carbons (Fsp3) is 0.0588. The molecule has 0 amide bonds. The Morgan fingerprint density at radius 2 is 1.50 bits per heavy atom. The van der Waals surface area contributed by atoms with Crippen LogP contribution in [0.5, 0.6) is 0 Å². The van der Waals surface area contributed by atoms with E-state index in [2.05, 4.69) is 34.0 Å². The van der Waals surface area contributed by atoms with Gasteiger partial charge in [0, 0.05) is 5.39 Å². The van der Waals surface area contributed by atoms with Crippen LogP contribution in [-0.2, 0) is 6.54 Å². The van der Waals surface area contributed by atoms with Crippen molar-refractivity contribution >= 4 is 16.5 Å². The van der Waals surface area contributed by atoms with Gasteiger partial charge in [-0.2, -0.15) is 5.11 Å². The van der Waals surface area contributed by atoms with Crippen LogP contribution < -0.4 is 5.43 Å². The minimum Gasteiger partial charge on any atom is -0.260 e. The van der Waals surface area contributed by atoms with Crippen LogP contribution in [0.3, 0.4) is 0 Å². The van der Waals surface area contributed by atoms with Crippen LogP contribution in [0.1, 0.15) is 5.56 Å². The summed E-state index contributed by atoms with van der Waals surface area (Å²) in [7, 11) is 0. The van der Waals surface area contributed by atoms with E-state index in [-0.39, 0.29) is 0 Å². The van der Waals surface area contributed by atoms with Crippen molar-refractivity contribution in [3.8, 4) is 0 Å². The van der Waals surface area contributed by atoms with Crippen molar-refractivity contribution in [1.29, 1.82) is 0 Å². The molecule has 98 valence electrons. The van der Waals surface area contributed by atoms with Gasteiger partial charge in [-0.3, -0.25) is 5.43 Å². The molecule has 0 unspecified atom stereocenters. The second-order valence-corrected chi connectivity index (χ2v) is 4.52. The fourth-order valence-electron chi connectivity index (χ4n) is 2.11. The van der Waals surface area contributed by atoms with E-state index in [9.17, 15) is 0 Å². The fourth-order valence-corrected chi connectivity index (χ4v) is 2.11. The molecule has 0 spiro atoms. The molecule has 0 radical (unpaired) electrons. The van der Waals surface area contributed by atoms with Gasteiger partial charge in [0.2, 0.25) is 0 Å². The molecule has 0 aliphatic carbocycles. The van der Waals surface area contributed by atoms with Gasteiger partial charge in [-0.25, -0.2) is 0 Å². The van der Waals surface area contributed by atoms with E-state index in [1.165, 1.54) is 5.39 Å². The molecule has 0 aliphatic heterocycles. The third-order valence-corrected chi connectivity index (χ3v) is 3.13. The third-order valence-electron chi connectivity index (χ3n) is 3.13. The Labute approximate surface area is 118 Å². The highest BCUT2D eigenvalue weighted by atomic mass is 15.4. The van der Waals surface area contributed by atoms with Crippen molar-refractivity contribution in [2.45, 2.75) is 6.54 Å². The predicted octanol–water partition coefficient (Wildman–Crippen LogP) is 4.82. The Balaban J connectivity index is 1.71. The van der Waals surface area contributed by atoms with Gasteiger partial charge in [0.25, 0.3) is 0 Å². The van der Waals surface area contributed by atoms with Gasteiger partial charge in [-0.05, 0) is 17.0 Å². The summed E-state index contributed by atoms with van der Waals surface area (Å²) < 4.78 is 0. The van der Waals surface area contributed by atoms with Crippen LogP contribution in [0, 0.1) is 0 Å². The van der Waals surface area contributed by atoms with Crippen molar-refractivity contribution in [1.82, 2.24) is 0 Å². The molecule has 0 saturated carbocycles. The second kappa shape index (κ2) is 5.97. The summed E-state index contributed by atoms with van der Waals surface area (Å²) in [5, 5.41) is 10.6. The first-order valence-corrected chi connectivity index (χ1v) is 6.58. The zero-order valence-electron chi connectivity index (χ0n) is 11.0. The average molecular weight is 261 g/mol. The Morgan fingerprint density at radius 3 is 2.40 bits per heavy atom. The summed E-state index contributed by atoms with van der Waals surface area (Å²) in [4.78, 5) is 0. The molecule has 3 aromatic carbocycles. The molecule has 0 atom stereocenters. The van der Waals surface area contributed by atoms with Crippen LogP contribution in [-0.4, -0.2) is 0 Å². The lowest BCUT2D eigenvalue weighted by molar-refractivity contribution is 0.926. The van der Waals surface area contributed by atoms with Gasteiger partial charge >= 0.3 is 0 Å². The molecule has 0 saturated heterocycles. The quantitative estimate of drug-likeness (QED) is 0.530. The molecular formula is C17H15N3. The van der Waals surface area contributed by atoms with Gasteiger partial charge in [0.05, 0.1) is 12.2 Å². The molecule has 3 heteroatoms. The number of nitrogens with one attached hydrogen (secondary N) is 1. The van der Waals surface area contributed by atoms with E-state index in [1.54, 1.807) is 0 Å². The largest absolute Gasteiger partial charge is 0.260 e. The highest BCUT2D eigenvalue weighted by Gasteiger charge is 1.97. The van der Waals surface area contributed by atoms with Gasteiger partial charge in [0.15, 0.2) is 0 Å². The topological polar surface area (TPSA) is 36.8 Å². The molecule has 3 rings (SSSR count). The monoisotopic (exact) mass is 261 g/mol. The van der Waals surface area contributed by atoms with Gasteiger partial charge in [-0.15, -0.1) is 0 Å². The third kappa shape index (κ3) is 2.83. The maximum absolute atomic E-state index is 4.16. The van der Waals surface area contributed by atoms with Crippen LogP contribution >= 0.6 is 0 Å². The lowest BCUT2D eigenvalue weighted by atomic mass is 10.1. The maximum Gasteiger partial charge on any atom is 0.0870 e. The zero-order chi connectivity index (χ0) is 13.6. The smallest absolute Gasteiger partial charge is 0.0870 e. The molecule has 0 fully saturated rings. The predicted molar refractivity (Wildman–Crippen MR) is 82.6 cm³/mol. The van der Waals surface area contributed by atoms with Crippen molar-refractivity contribution in [2.24, 2.45) is 10.3 Å². The Hall–Kier alpha value is -2.68. The SMILES string of the molecule is c1ccc(C/N=N/Nc2cccc3ccccc23)cc1. The van der Waals surface area contributed by atoms with Gasteiger partial charge < -0.3 is 0 Å². The molecule has 0 bridgehead atoms. The van der Waals surface area contributed by atoms with Crippen LogP contribution in [0.4, 0.5) is 5.69 Å². The number of anilines is 1. The minimum atomic E-state index is 0.582. The maximum atomic E-state index is 4.16. The van der Waals surface area contributed by atoms with Crippen molar-refractivity contribution < 1.29 is 0 Å².